The van der Waals surface area contributed by atoms with Gasteiger partial charge < -0.3 is 10.0 Å². The summed E-state index contributed by atoms with van der Waals surface area (Å²) in [5, 5.41) is 9.88. The van der Waals surface area contributed by atoms with Gasteiger partial charge in [-0.2, -0.15) is 0 Å². The van der Waals surface area contributed by atoms with E-state index in [1.807, 2.05) is 4.90 Å². The van der Waals surface area contributed by atoms with Gasteiger partial charge in [-0.3, -0.25) is 4.79 Å². The quantitative estimate of drug-likeness (QED) is 0.908. The minimum absolute atomic E-state index is 0.240. The van der Waals surface area contributed by atoms with E-state index in [1.54, 1.807) is 0 Å². The molecule has 1 N–H and O–H groups in total. The third-order valence-electron chi connectivity index (χ3n) is 5.12. The van der Waals surface area contributed by atoms with Gasteiger partial charge in [0.2, 0.25) is 5.91 Å². The second-order valence-electron chi connectivity index (χ2n) is 6.71. The van der Waals surface area contributed by atoms with Crippen molar-refractivity contribution in [1.82, 2.24) is 4.90 Å². The molecular formula is C18H25NO2. The molecule has 2 fully saturated rings. The molecule has 0 aromatic heterocycles. The van der Waals surface area contributed by atoms with E-state index >= 15 is 0 Å². The average molecular weight is 287 g/mol. The molecule has 1 saturated heterocycles. The second kappa shape index (κ2) is 5.80. The van der Waals surface area contributed by atoms with Crippen LogP contribution in [0.25, 0.3) is 0 Å². The van der Waals surface area contributed by atoms with Gasteiger partial charge in [-0.25, -0.2) is 0 Å². The first-order valence-corrected chi connectivity index (χ1v) is 8.16. The fraction of sp³-hybridized carbons (Fsp3) is 0.611. The van der Waals surface area contributed by atoms with Gasteiger partial charge >= 0.3 is 0 Å². The number of hydrogen-bond acceptors (Lipinski definition) is 2. The largest absolute Gasteiger partial charge is 0.391 e. The maximum atomic E-state index is 13.2. The number of amides is 1. The number of piperidine rings is 1. The normalized spacial score (nSPS) is 25.0. The number of carbonyl (C=O) groups is 1. The van der Waals surface area contributed by atoms with Gasteiger partial charge in [0.1, 0.15) is 0 Å². The highest BCUT2D eigenvalue weighted by molar-refractivity contribution is 5.88. The van der Waals surface area contributed by atoms with E-state index in [9.17, 15) is 9.90 Å². The van der Waals surface area contributed by atoms with Crippen molar-refractivity contribution in [1.29, 1.82) is 0 Å². The van der Waals surface area contributed by atoms with Crippen LogP contribution in [0, 0.1) is 6.92 Å². The molecule has 114 valence electrons. The van der Waals surface area contributed by atoms with Crippen molar-refractivity contribution >= 4 is 5.91 Å². The zero-order valence-corrected chi connectivity index (χ0v) is 12.8. The van der Waals surface area contributed by atoms with E-state index in [2.05, 4.69) is 31.2 Å². The smallest absolute Gasteiger partial charge is 0.233 e. The van der Waals surface area contributed by atoms with E-state index < -0.39 is 0 Å². The molecule has 3 rings (SSSR count). The fourth-order valence-electron chi connectivity index (χ4n) is 3.99. The maximum absolute atomic E-state index is 13.2. The summed E-state index contributed by atoms with van der Waals surface area (Å²) in [7, 11) is 0. The fourth-order valence-corrected chi connectivity index (χ4v) is 3.99. The molecular weight excluding hydrogens is 262 g/mol. The topological polar surface area (TPSA) is 40.5 Å². The number of aliphatic hydroxyl groups excluding tert-OH is 1. The minimum Gasteiger partial charge on any atom is -0.391 e. The molecule has 1 aromatic carbocycles. The monoisotopic (exact) mass is 287 g/mol. The molecule has 1 atom stereocenters. The summed E-state index contributed by atoms with van der Waals surface area (Å²) >= 11 is 0. The molecule has 1 aromatic rings. The summed E-state index contributed by atoms with van der Waals surface area (Å²) < 4.78 is 0. The van der Waals surface area contributed by atoms with E-state index in [4.69, 9.17) is 0 Å². The first-order valence-electron chi connectivity index (χ1n) is 8.16. The average Bonchev–Trinajstić information content (AvgIpc) is 2.97. The van der Waals surface area contributed by atoms with Crippen LogP contribution in [0.1, 0.15) is 49.7 Å². The molecule has 0 radical (unpaired) electrons. The third-order valence-corrected chi connectivity index (χ3v) is 5.12. The van der Waals surface area contributed by atoms with Gasteiger partial charge in [0, 0.05) is 13.1 Å². The molecule has 1 unspecified atom stereocenters. The Morgan fingerprint density at radius 1 is 1.29 bits per heavy atom. The number of likely N-dealkylation sites (tertiary alicyclic amines) is 1. The van der Waals surface area contributed by atoms with Gasteiger partial charge in [0.25, 0.3) is 0 Å². The van der Waals surface area contributed by atoms with Crippen LogP contribution in [0.3, 0.4) is 0 Å². The summed E-state index contributed by atoms with van der Waals surface area (Å²) in [6.07, 6.45) is 5.52. The van der Waals surface area contributed by atoms with Crippen molar-refractivity contribution in [2.75, 3.05) is 13.1 Å². The van der Waals surface area contributed by atoms with Crippen molar-refractivity contribution in [3.05, 3.63) is 35.4 Å². The molecule has 2 aliphatic rings. The number of hydrogen-bond donors (Lipinski definition) is 1. The van der Waals surface area contributed by atoms with Crippen LogP contribution >= 0.6 is 0 Å². The van der Waals surface area contributed by atoms with E-state index in [1.165, 1.54) is 11.1 Å². The Morgan fingerprint density at radius 3 is 2.71 bits per heavy atom. The van der Waals surface area contributed by atoms with Crippen molar-refractivity contribution in [2.24, 2.45) is 0 Å². The number of carbonyl (C=O) groups excluding carboxylic acids is 1. The van der Waals surface area contributed by atoms with Gasteiger partial charge in [-0.05, 0) is 38.2 Å². The Kier molecular flexibility index (Phi) is 4.03. The van der Waals surface area contributed by atoms with Crippen molar-refractivity contribution in [3.8, 4) is 0 Å². The number of nitrogens with zero attached hydrogens (tertiary/aromatic N) is 1. The summed E-state index contributed by atoms with van der Waals surface area (Å²) in [5.41, 5.74) is 2.04. The maximum Gasteiger partial charge on any atom is 0.233 e. The number of aryl methyl sites for hydroxylation is 1. The zero-order chi connectivity index (χ0) is 14.9. The predicted molar refractivity (Wildman–Crippen MR) is 83.1 cm³/mol. The highest BCUT2D eigenvalue weighted by Crippen LogP contribution is 2.43. The molecule has 3 heteroatoms. The summed E-state index contributed by atoms with van der Waals surface area (Å²) in [4.78, 5) is 15.1. The lowest BCUT2D eigenvalue weighted by atomic mass is 9.76. The Bertz CT molecular complexity index is 520. The Morgan fingerprint density at radius 2 is 2.05 bits per heavy atom. The Labute approximate surface area is 127 Å². The first-order chi connectivity index (χ1) is 10.1. The number of benzene rings is 1. The number of rotatable bonds is 2. The SMILES string of the molecule is Cc1cccc(C2(C(=O)N3CCCC(O)C3)CCCC2)c1. The first kappa shape index (κ1) is 14.6. The standard InChI is InChI=1S/C18H25NO2/c1-14-6-4-7-15(12-14)18(9-2-3-10-18)17(21)19-11-5-8-16(20)13-19/h4,6-7,12,16,20H,2-3,5,8-11,13H2,1H3. The van der Waals surface area contributed by atoms with Crippen LogP contribution < -0.4 is 0 Å². The molecule has 1 aliphatic carbocycles. The zero-order valence-electron chi connectivity index (χ0n) is 12.8. The van der Waals surface area contributed by atoms with E-state index in [0.717, 1.165) is 45.1 Å². The molecule has 1 heterocycles. The van der Waals surface area contributed by atoms with Crippen LogP contribution in [0.2, 0.25) is 0 Å². The van der Waals surface area contributed by atoms with Crippen molar-refractivity contribution in [2.45, 2.75) is 57.0 Å². The molecule has 0 bridgehead atoms. The van der Waals surface area contributed by atoms with Crippen LogP contribution in [0.15, 0.2) is 24.3 Å². The Hall–Kier alpha value is -1.35. The number of β-amino-alcohol motifs (C(OH)–C–C–N with tert-alkyl or cyclic N) is 1. The van der Waals surface area contributed by atoms with E-state index in [-0.39, 0.29) is 17.4 Å². The van der Waals surface area contributed by atoms with Crippen LogP contribution in [-0.4, -0.2) is 35.1 Å². The number of aliphatic hydroxyl groups is 1. The summed E-state index contributed by atoms with van der Waals surface area (Å²) in [6, 6.07) is 8.42. The van der Waals surface area contributed by atoms with E-state index in [0.29, 0.717) is 6.54 Å². The second-order valence-corrected chi connectivity index (χ2v) is 6.71. The molecule has 3 nitrogen and oxygen atoms in total. The predicted octanol–water partition coefficient (Wildman–Crippen LogP) is 2.79. The van der Waals surface area contributed by atoms with Gasteiger partial charge in [-0.15, -0.1) is 0 Å². The molecule has 0 spiro atoms. The molecule has 1 saturated carbocycles. The minimum atomic E-state index is -0.348. The van der Waals surface area contributed by atoms with Crippen LogP contribution in [0.5, 0.6) is 0 Å². The lowest BCUT2D eigenvalue weighted by Gasteiger charge is -2.38. The van der Waals surface area contributed by atoms with Crippen LogP contribution in [0.4, 0.5) is 0 Å². The summed E-state index contributed by atoms with van der Waals surface area (Å²) in [5.74, 6) is 0.240. The molecule has 1 aliphatic heterocycles. The third kappa shape index (κ3) is 2.71. The highest BCUT2D eigenvalue weighted by atomic mass is 16.3. The lowest BCUT2D eigenvalue weighted by Crippen LogP contribution is -2.50. The van der Waals surface area contributed by atoms with Crippen molar-refractivity contribution in [3.63, 3.8) is 0 Å². The van der Waals surface area contributed by atoms with Crippen molar-refractivity contribution < 1.29 is 9.90 Å². The lowest BCUT2D eigenvalue weighted by molar-refractivity contribution is -0.140. The molecule has 1 amide bonds. The van der Waals surface area contributed by atoms with Gasteiger partial charge in [0.15, 0.2) is 0 Å². The van der Waals surface area contributed by atoms with Gasteiger partial charge in [0.05, 0.1) is 11.5 Å². The summed E-state index contributed by atoms with van der Waals surface area (Å²) in [6.45, 7) is 3.39. The van der Waals surface area contributed by atoms with Crippen LogP contribution in [-0.2, 0) is 10.2 Å². The highest BCUT2D eigenvalue weighted by Gasteiger charge is 2.45. The Balaban J connectivity index is 1.92. The molecule has 21 heavy (non-hydrogen) atoms. The van der Waals surface area contributed by atoms with Gasteiger partial charge in [-0.1, -0.05) is 42.7 Å².